The van der Waals surface area contributed by atoms with Gasteiger partial charge in [0.05, 0.1) is 21.9 Å². The molecule has 0 atom stereocenters. The van der Waals surface area contributed by atoms with Crippen molar-refractivity contribution < 1.29 is 9.72 Å². The molecular weight excluding hydrogens is 356 g/mol. The predicted octanol–water partition coefficient (Wildman–Crippen LogP) is 4.25. The molecule has 0 saturated carbocycles. The van der Waals surface area contributed by atoms with E-state index in [0.717, 1.165) is 0 Å². The van der Waals surface area contributed by atoms with Crippen molar-refractivity contribution in [3.63, 3.8) is 0 Å². The third kappa shape index (κ3) is 3.64. The largest absolute Gasteiger partial charge is 0.367 e. The molecule has 28 heavy (non-hydrogen) atoms. The van der Waals surface area contributed by atoms with Gasteiger partial charge in [0.25, 0.3) is 11.6 Å². The summed E-state index contributed by atoms with van der Waals surface area (Å²) in [5.74, 6) is -0.251. The summed E-state index contributed by atoms with van der Waals surface area (Å²) in [5.41, 5.74) is 2.87. The van der Waals surface area contributed by atoms with Gasteiger partial charge in [0, 0.05) is 19.2 Å². The molecule has 0 N–H and O–H groups in total. The van der Waals surface area contributed by atoms with E-state index >= 15 is 0 Å². The van der Waals surface area contributed by atoms with Crippen LogP contribution < -0.4 is 9.91 Å². The summed E-state index contributed by atoms with van der Waals surface area (Å²) in [6.07, 6.45) is 1.66. The van der Waals surface area contributed by atoms with Crippen LogP contribution in [0.5, 0.6) is 0 Å². The highest BCUT2D eigenvalue weighted by molar-refractivity contribution is 6.32. The molecule has 1 aliphatic heterocycles. The van der Waals surface area contributed by atoms with Crippen LogP contribution >= 0.6 is 0 Å². The molecule has 0 aliphatic carbocycles. The molecule has 2 aromatic rings. The van der Waals surface area contributed by atoms with Crippen LogP contribution in [0.15, 0.2) is 59.2 Å². The van der Waals surface area contributed by atoms with Gasteiger partial charge in [0.15, 0.2) is 0 Å². The Labute approximate surface area is 163 Å². The number of amides is 1. The molecule has 144 valence electrons. The number of rotatable bonds is 6. The number of hydrogen-bond acceptors (Lipinski definition) is 5. The second-order valence-electron chi connectivity index (χ2n) is 6.37. The number of nitro benzene ring substituents is 1. The summed E-state index contributed by atoms with van der Waals surface area (Å²) in [6.45, 7) is 7.02. The molecule has 0 bridgehead atoms. The molecule has 1 aliphatic rings. The third-order valence-corrected chi connectivity index (χ3v) is 4.67. The number of carbonyl (C=O) groups is 1. The highest BCUT2D eigenvalue weighted by Crippen LogP contribution is 2.31. The van der Waals surface area contributed by atoms with Crippen LogP contribution in [0.25, 0.3) is 6.08 Å². The van der Waals surface area contributed by atoms with Gasteiger partial charge in [-0.3, -0.25) is 14.9 Å². The molecule has 0 saturated heterocycles. The molecule has 0 unspecified atom stereocenters. The van der Waals surface area contributed by atoms with Crippen molar-refractivity contribution in [3.8, 4) is 0 Å². The lowest BCUT2D eigenvalue weighted by Crippen LogP contribution is -2.22. The van der Waals surface area contributed by atoms with Crippen molar-refractivity contribution in [2.75, 3.05) is 23.0 Å². The van der Waals surface area contributed by atoms with Crippen molar-refractivity contribution in [1.29, 1.82) is 0 Å². The first-order valence-corrected chi connectivity index (χ1v) is 9.16. The molecule has 0 aromatic heterocycles. The zero-order valence-corrected chi connectivity index (χ0v) is 16.1. The summed E-state index contributed by atoms with van der Waals surface area (Å²) in [7, 11) is 0. The van der Waals surface area contributed by atoms with Gasteiger partial charge in [-0.05, 0) is 50.6 Å². The van der Waals surface area contributed by atoms with Crippen LogP contribution in [0.2, 0.25) is 0 Å². The van der Waals surface area contributed by atoms with Gasteiger partial charge >= 0.3 is 0 Å². The minimum Gasteiger partial charge on any atom is -0.367 e. The Hall–Kier alpha value is -3.48. The van der Waals surface area contributed by atoms with Gasteiger partial charge in [-0.1, -0.05) is 24.3 Å². The summed E-state index contributed by atoms with van der Waals surface area (Å²) in [5, 5.41) is 17.3. The van der Waals surface area contributed by atoms with E-state index < -0.39 is 0 Å². The molecule has 0 spiro atoms. The van der Waals surface area contributed by atoms with Gasteiger partial charge in [-0.25, -0.2) is 0 Å². The van der Waals surface area contributed by atoms with E-state index in [1.807, 2.05) is 36.9 Å². The summed E-state index contributed by atoms with van der Waals surface area (Å²) in [6, 6.07) is 14.2. The second kappa shape index (κ2) is 8.04. The maximum Gasteiger partial charge on any atom is 0.293 e. The van der Waals surface area contributed by atoms with Crippen LogP contribution in [0.3, 0.4) is 0 Å². The Bertz CT molecular complexity index is 963. The molecule has 2 aromatic carbocycles. The first-order valence-electron chi connectivity index (χ1n) is 9.16. The van der Waals surface area contributed by atoms with Crippen molar-refractivity contribution in [2.45, 2.75) is 20.8 Å². The second-order valence-corrected chi connectivity index (χ2v) is 6.37. The number of anilines is 2. The van der Waals surface area contributed by atoms with Gasteiger partial charge in [-0.2, -0.15) is 10.1 Å². The number of hydrogen-bond donors (Lipinski definition) is 0. The van der Waals surface area contributed by atoms with Crippen LogP contribution in [-0.2, 0) is 4.79 Å². The normalized spacial score (nSPS) is 15.1. The lowest BCUT2D eigenvalue weighted by molar-refractivity contribution is -0.384. The minimum absolute atomic E-state index is 0.0259. The SMILES string of the molecule is CCN(CC)c1ccc(/C=C2\C(=O)N(c3ccccc3)N=C2C)cc1[N+](=O)[O-]. The molecule has 7 nitrogen and oxygen atoms in total. The fourth-order valence-corrected chi connectivity index (χ4v) is 3.20. The Balaban J connectivity index is 1.97. The van der Waals surface area contributed by atoms with Gasteiger partial charge in [0.1, 0.15) is 5.69 Å². The van der Waals surface area contributed by atoms with Gasteiger partial charge in [-0.15, -0.1) is 0 Å². The van der Waals surface area contributed by atoms with Gasteiger partial charge < -0.3 is 4.90 Å². The van der Waals surface area contributed by atoms with E-state index in [-0.39, 0.29) is 16.5 Å². The number of para-hydroxylation sites is 1. The van der Waals surface area contributed by atoms with E-state index in [1.54, 1.807) is 37.3 Å². The Morgan fingerprint density at radius 3 is 2.43 bits per heavy atom. The van der Waals surface area contributed by atoms with Crippen LogP contribution in [-0.4, -0.2) is 29.6 Å². The van der Waals surface area contributed by atoms with E-state index in [1.165, 1.54) is 11.1 Å². The maximum absolute atomic E-state index is 12.8. The molecule has 0 radical (unpaired) electrons. The van der Waals surface area contributed by atoms with E-state index in [9.17, 15) is 14.9 Å². The minimum atomic E-state index is -0.386. The van der Waals surface area contributed by atoms with Crippen molar-refractivity contribution >= 4 is 34.8 Å². The fourth-order valence-electron chi connectivity index (χ4n) is 3.20. The first-order chi connectivity index (χ1) is 13.5. The maximum atomic E-state index is 12.8. The lowest BCUT2D eigenvalue weighted by Gasteiger charge is -2.20. The molecule has 1 heterocycles. The Kier molecular flexibility index (Phi) is 5.54. The van der Waals surface area contributed by atoms with Crippen molar-refractivity contribution in [2.24, 2.45) is 5.10 Å². The molecule has 7 heteroatoms. The number of nitro groups is 1. The number of hydrazone groups is 1. The van der Waals surface area contributed by atoms with Crippen LogP contribution in [0.1, 0.15) is 26.3 Å². The highest BCUT2D eigenvalue weighted by atomic mass is 16.6. The average Bonchev–Trinajstić information content (AvgIpc) is 2.98. The zero-order valence-electron chi connectivity index (χ0n) is 16.1. The van der Waals surface area contributed by atoms with Gasteiger partial charge in [0.2, 0.25) is 0 Å². The molecule has 3 rings (SSSR count). The lowest BCUT2D eigenvalue weighted by atomic mass is 10.1. The number of nitrogens with zero attached hydrogens (tertiary/aromatic N) is 4. The Morgan fingerprint density at radius 1 is 1.14 bits per heavy atom. The first kappa shape index (κ1) is 19.3. The average molecular weight is 378 g/mol. The van der Waals surface area contributed by atoms with Crippen molar-refractivity contribution in [3.05, 3.63) is 69.8 Å². The van der Waals surface area contributed by atoms with E-state index in [2.05, 4.69) is 5.10 Å². The molecule has 0 fully saturated rings. The molecular formula is C21H22N4O3. The number of benzene rings is 2. The summed E-state index contributed by atoms with van der Waals surface area (Å²) < 4.78 is 0. The predicted molar refractivity (Wildman–Crippen MR) is 112 cm³/mol. The van der Waals surface area contributed by atoms with Crippen molar-refractivity contribution in [1.82, 2.24) is 0 Å². The fraction of sp³-hybridized carbons (Fsp3) is 0.238. The quantitative estimate of drug-likeness (QED) is 0.428. The topological polar surface area (TPSA) is 79.0 Å². The smallest absolute Gasteiger partial charge is 0.293 e. The summed E-state index contributed by atoms with van der Waals surface area (Å²) >= 11 is 0. The standard InChI is InChI=1S/C21H22N4O3/c1-4-23(5-2)19-12-11-16(14-20(19)25(27)28)13-18-15(3)22-24(21(18)26)17-9-7-6-8-10-17/h6-14H,4-5H2,1-3H3/b18-13-. The Morgan fingerprint density at radius 2 is 1.82 bits per heavy atom. The molecule has 1 amide bonds. The monoisotopic (exact) mass is 378 g/mol. The third-order valence-electron chi connectivity index (χ3n) is 4.67. The van der Waals surface area contributed by atoms with E-state index in [4.69, 9.17) is 0 Å². The van der Waals surface area contributed by atoms with Crippen LogP contribution in [0.4, 0.5) is 17.1 Å². The number of carbonyl (C=O) groups excluding carboxylic acids is 1. The van der Waals surface area contributed by atoms with E-state index in [0.29, 0.717) is 41.3 Å². The highest BCUT2D eigenvalue weighted by Gasteiger charge is 2.29. The zero-order chi connectivity index (χ0) is 20.3. The summed E-state index contributed by atoms with van der Waals surface area (Å²) in [4.78, 5) is 25.9. The van der Waals surface area contributed by atoms with Crippen LogP contribution in [0, 0.1) is 10.1 Å².